The Labute approximate surface area is 108 Å². The van der Waals surface area contributed by atoms with Crippen molar-refractivity contribution in [2.24, 2.45) is 0 Å². The zero-order valence-corrected chi connectivity index (χ0v) is 11.3. The number of aryl methyl sites for hydroxylation is 1. The Balaban J connectivity index is 2.43. The summed E-state index contributed by atoms with van der Waals surface area (Å²) in [6, 6.07) is 8.28. The van der Waals surface area contributed by atoms with Crippen LogP contribution in [0.5, 0.6) is 0 Å². The smallest absolute Gasteiger partial charge is 0.220 e. The molecule has 0 aliphatic rings. The molecule has 0 aliphatic carbocycles. The number of hydrogen-bond donors (Lipinski definition) is 1. The summed E-state index contributed by atoms with van der Waals surface area (Å²) in [5.41, 5.74) is 2.36. The van der Waals surface area contributed by atoms with E-state index in [2.05, 4.69) is 24.4 Å². The maximum Gasteiger partial charge on any atom is 0.220 e. The predicted octanol–water partition coefficient (Wildman–Crippen LogP) is 3.58. The van der Waals surface area contributed by atoms with Crippen molar-refractivity contribution >= 4 is 17.5 Å². The van der Waals surface area contributed by atoms with Crippen LogP contribution in [0.25, 0.3) is 0 Å². The zero-order valence-electron chi connectivity index (χ0n) is 10.5. The van der Waals surface area contributed by atoms with Crippen LogP contribution in [0.4, 0.5) is 0 Å². The lowest BCUT2D eigenvalue weighted by Crippen LogP contribution is -2.26. The molecule has 0 heterocycles. The molecule has 1 amide bonds. The molecule has 1 N–H and O–H groups in total. The lowest BCUT2D eigenvalue weighted by molar-refractivity contribution is -0.121. The Kier molecular flexibility index (Phi) is 6.06. The number of alkyl halides is 1. The van der Waals surface area contributed by atoms with Crippen LogP contribution in [0, 0.1) is 6.92 Å². The molecular weight excluding hydrogens is 234 g/mol. The quantitative estimate of drug-likeness (QED) is 0.609. The largest absolute Gasteiger partial charge is 0.350 e. The summed E-state index contributed by atoms with van der Waals surface area (Å²) in [6.45, 7) is 4.06. The minimum atomic E-state index is 0.0680. The first-order chi connectivity index (χ1) is 8.13. The van der Waals surface area contributed by atoms with Crippen molar-refractivity contribution in [2.75, 3.05) is 5.88 Å². The number of carbonyl (C=O) groups is 1. The van der Waals surface area contributed by atoms with Gasteiger partial charge in [-0.3, -0.25) is 4.79 Å². The number of benzene rings is 1. The van der Waals surface area contributed by atoms with Crippen molar-refractivity contribution in [3.8, 4) is 0 Å². The van der Waals surface area contributed by atoms with Gasteiger partial charge < -0.3 is 5.32 Å². The molecular formula is C14H20ClNO. The second-order valence-electron chi connectivity index (χ2n) is 4.35. The van der Waals surface area contributed by atoms with Gasteiger partial charge in [-0.1, -0.05) is 29.8 Å². The topological polar surface area (TPSA) is 29.1 Å². The highest BCUT2D eigenvalue weighted by molar-refractivity contribution is 6.17. The summed E-state index contributed by atoms with van der Waals surface area (Å²) in [5.74, 6) is 0.727. The Bertz CT molecular complexity index is 365. The molecule has 0 bridgehead atoms. The van der Waals surface area contributed by atoms with E-state index in [-0.39, 0.29) is 11.9 Å². The molecule has 0 saturated carbocycles. The standard InChI is InChI=1S/C14H20ClNO/c1-11-6-5-7-13(10-11)12(2)16-14(17)8-3-4-9-15/h5-7,10,12H,3-4,8-9H2,1-2H3,(H,16,17)/t12-/m1/s1. The highest BCUT2D eigenvalue weighted by atomic mass is 35.5. The lowest BCUT2D eigenvalue weighted by Gasteiger charge is -2.14. The highest BCUT2D eigenvalue weighted by Crippen LogP contribution is 2.14. The Morgan fingerprint density at radius 3 is 2.82 bits per heavy atom. The van der Waals surface area contributed by atoms with Gasteiger partial charge in [0, 0.05) is 12.3 Å². The Morgan fingerprint density at radius 2 is 2.18 bits per heavy atom. The highest BCUT2D eigenvalue weighted by Gasteiger charge is 2.08. The summed E-state index contributed by atoms with van der Waals surface area (Å²) in [4.78, 5) is 11.6. The minimum Gasteiger partial charge on any atom is -0.350 e. The molecule has 0 aliphatic heterocycles. The van der Waals surface area contributed by atoms with Crippen LogP contribution in [0.2, 0.25) is 0 Å². The molecule has 0 spiro atoms. The van der Waals surface area contributed by atoms with Crippen LogP contribution in [-0.2, 0) is 4.79 Å². The van der Waals surface area contributed by atoms with E-state index in [0.29, 0.717) is 12.3 Å². The van der Waals surface area contributed by atoms with Crippen molar-refractivity contribution in [3.63, 3.8) is 0 Å². The fourth-order valence-corrected chi connectivity index (χ4v) is 1.91. The van der Waals surface area contributed by atoms with Crippen molar-refractivity contribution in [1.29, 1.82) is 0 Å². The second kappa shape index (κ2) is 7.33. The SMILES string of the molecule is Cc1cccc([C@@H](C)NC(=O)CCCCCl)c1. The summed E-state index contributed by atoms with van der Waals surface area (Å²) < 4.78 is 0. The number of hydrogen-bond acceptors (Lipinski definition) is 1. The molecule has 1 atom stereocenters. The van der Waals surface area contributed by atoms with Gasteiger partial charge in [-0.2, -0.15) is 0 Å². The summed E-state index contributed by atoms with van der Waals surface area (Å²) in [5, 5.41) is 3.00. The second-order valence-corrected chi connectivity index (χ2v) is 4.73. The number of halogens is 1. The average Bonchev–Trinajstić information content (AvgIpc) is 2.29. The van der Waals surface area contributed by atoms with Crippen LogP contribution in [0.1, 0.15) is 43.4 Å². The number of nitrogens with one attached hydrogen (secondary N) is 1. The number of unbranched alkanes of at least 4 members (excludes halogenated alkanes) is 1. The zero-order chi connectivity index (χ0) is 12.7. The van der Waals surface area contributed by atoms with Gasteiger partial charge in [-0.25, -0.2) is 0 Å². The van der Waals surface area contributed by atoms with Crippen molar-refractivity contribution < 1.29 is 4.79 Å². The number of amides is 1. The fraction of sp³-hybridized carbons (Fsp3) is 0.500. The van der Waals surface area contributed by atoms with Crippen LogP contribution in [0.15, 0.2) is 24.3 Å². The van der Waals surface area contributed by atoms with Gasteiger partial charge in [0.2, 0.25) is 5.91 Å². The maximum atomic E-state index is 11.6. The summed E-state index contributed by atoms with van der Waals surface area (Å²) in [7, 11) is 0. The van der Waals surface area contributed by atoms with E-state index in [1.165, 1.54) is 5.56 Å². The van der Waals surface area contributed by atoms with E-state index in [1.54, 1.807) is 0 Å². The van der Waals surface area contributed by atoms with Crippen molar-refractivity contribution in [1.82, 2.24) is 5.32 Å². The van der Waals surface area contributed by atoms with E-state index in [9.17, 15) is 4.79 Å². The van der Waals surface area contributed by atoms with Crippen LogP contribution >= 0.6 is 11.6 Å². The molecule has 0 aromatic heterocycles. The lowest BCUT2D eigenvalue weighted by atomic mass is 10.1. The summed E-state index contributed by atoms with van der Waals surface area (Å²) >= 11 is 5.57. The van der Waals surface area contributed by atoms with Gasteiger partial charge in [0.05, 0.1) is 6.04 Å². The average molecular weight is 254 g/mol. The molecule has 1 aromatic carbocycles. The van der Waals surface area contributed by atoms with E-state index in [1.807, 2.05) is 19.1 Å². The van der Waals surface area contributed by atoms with Crippen LogP contribution in [0.3, 0.4) is 0 Å². The normalized spacial score (nSPS) is 12.2. The molecule has 94 valence electrons. The van der Waals surface area contributed by atoms with E-state index in [4.69, 9.17) is 11.6 Å². The fourth-order valence-electron chi connectivity index (χ4n) is 1.72. The van der Waals surface area contributed by atoms with E-state index in [0.717, 1.165) is 18.4 Å². The van der Waals surface area contributed by atoms with Crippen LogP contribution < -0.4 is 5.32 Å². The van der Waals surface area contributed by atoms with Crippen LogP contribution in [-0.4, -0.2) is 11.8 Å². The van der Waals surface area contributed by atoms with E-state index >= 15 is 0 Å². The summed E-state index contributed by atoms with van der Waals surface area (Å²) in [6.07, 6.45) is 2.31. The third kappa shape index (κ3) is 5.22. The maximum absolute atomic E-state index is 11.6. The minimum absolute atomic E-state index is 0.0680. The third-order valence-electron chi connectivity index (χ3n) is 2.71. The van der Waals surface area contributed by atoms with Gasteiger partial charge >= 0.3 is 0 Å². The van der Waals surface area contributed by atoms with Gasteiger partial charge in [0.25, 0.3) is 0 Å². The molecule has 0 radical (unpaired) electrons. The first kappa shape index (κ1) is 14.0. The van der Waals surface area contributed by atoms with Gasteiger partial charge in [0.15, 0.2) is 0 Å². The molecule has 1 rings (SSSR count). The molecule has 3 heteroatoms. The number of carbonyl (C=O) groups excluding carboxylic acids is 1. The number of rotatable bonds is 6. The molecule has 0 unspecified atom stereocenters. The first-order valence-electron chi connectivity index (χ1n) is 6.05. The first-order valence-corrected chi connectivity index (χ1v) is 6.59. The van der Waals surface area contributed by atoms with Crippen molar-refractivity contribution in [3.05, 3.63) is 35.4 Å². The molecule has 1 aromatic rings. The van der Waals surface area contributed by atoms with Gasteiger partial charge in [0.1, 0.15) is 0 Å². The Morgan fingerprint density at radius 1 is 1.41 bits per heavy atom. The van der Waals surface area contributed by atoms with Gasteiger partial charge in [-0.05, 0) is 32.3 Å². The Hall–Kier alpha value is -1.02. The van der Waals surface area contributed by atoms with Gasteiger partial charge in [-0.15, -0.1) is 11.6 Å². The predicted molar refractivity (Wildman–Crippen MR) is 72.3 cm³/mol. The molecule has 17 heavy (non-hydrogen) atoms. The monoisotopic (exact) mass is 253 g/mol. The van der Waals surface area contributed by atoms with E-state index < -0.39 is 0 Å². The third-order valence-corrected chi connectivity index (χ3v) is 2.97. The molecule has 0 saturated heterocycles. The van der Waals surface area contributed by atoms with Crippen molar-refractivity contribution in [2.45, 2.75) is 39.2 Å². The molecule has 2 nitrogen and oxygen atoms in total. The molecule has 0 fully saturated rings.